The van der Waals surface area contributed by atoms with Crippen LogP contribution in [0, 0.1) is 0 Å². The highest BCUT2D eigenvalue weighted by Gasteiger charge is 2.16. The van der Waals surface area contributed by atoms with Crippen LogP contribution in [-0.2, 0) is 4.79 Å². The van der Waals surface area contributed by atoms with Crippen LogP contribution in [0.2, 0.25) is 0 Å². The second-order valence-electron chi connectivity index (χ2n) is 4.08. The summed E-state index contributed by atoms with van der Waals surface area (Å²) in [5.74, 6) is -0.105. The van der Waals surface area contributed by atoms with Gasteiger partial charge in [-0.1, -0.05) is 0 Å². The lowest BCUT2D eigenvalue weighted by atomic mass is 10.1. The van der Waals surface area contributed by atoms with Crippen molar-refractivity contribution in [2.24, 2.45) is 0 Å². The van der Waals surface area contributed by atoms with Crippen LogP contribution >= 0.6 is 0 Å². The minimum atomic E-state index is -0.611. The zero-order chi connectivity index (χ0) is 14.4. The van der Waals surface area contributed by atoms with Crippen molar-refractivity contribution in [1.29, 1.82) is 0 Å². The van der Waals surface area contributed by atoms with E-state index in [0.717, 1.165) is 0 Å². The van der Waals surface area contributed by atoms with Gasteiger partial charge in [-0.15, -0.1) is 0 Å². The fourth-order valence-electron chi connectivity index (χ4n) is 1.54. The van der Waals surface area contributed by atoms with Crippen LogP contribution in [-0.4, -0.2) is 31.5 Å². The monoisotopic (exact) mass is 265 g/mol. The van der Waals surface area contributed by atoms with Crippen molar-refractivity contribution in [3.05, 3.63) is 23.8 Å². The fraction of sp³-hybridized carbons (Fsp3) is 0.385. The van der Waals surface area contributed by atoms with Crippen molar-refractivity contribution in [2.45, 2.75) is 19.9 Å². The molecule has 0 fully saturated rings. The molecule has 0 aliphatic carbocycles. The Morgan fingerprint density at radius 2 is 2.05 bits per heavy atom. The van der Waals surface area contributed by atoms with Gasteiger partial charge in [0.1, 0.15) is 11.8 Å². The molecular weight excluding hydrogens is 246 g/mol. The van der Waals surface area contributed by atoms with Gasteiger partial charge < -0.3 is 21.1 Å². The molecule has 19 heavy (non-hydrogen) atoms. The van der Waals surface area contributed by atoms with Crippen molar-refractivity contribution in [1.82, 2.24) is 10.6 Å². The molecule has 0 aliphatic rings. The van der Waals surface area contributed by atoms with Gasteiger partial charge in [-0.2, -0.15) is 0 Å². The number of amides is 2. The zero-order valence-electron chi connectivity index (χ0n) is 11.3. The Morgan fingerprint density at radius 1 is 1.37 bits per heavy atom. The van der Waals surface area contributed by atoms with Crippen LogP contribution in [0.4, 0.5) is 5.69 Å². The Balaban J connectivity index is 2.78. The predicted molar refractivity (Wildman–Crippen MR) is 73.0 cm³/mol. The third-order valence-corrected chi connectivity index (χ3v) is 2.52. The van der Waals surface area contributed by atoms with Gasteiger partial charge in [0.25, 0.3) is 5.91 Å². The molecule has 0 saturated heterocycles. The maximum absolute atomic E-state index is 12.0. The highest BCUT2D eigenvalue weighted by molar-refractivity contribution is 5.98. The topological polar surface area (TPSA) is 93.5 Å². The molecule has 1 rings (SSSR count). The summed E-state index contributed by atoms with van der Waals surface area (Å²) in [6.45, 7) is 3.95. The van der Waals surface area contributed by atoms with Crippen molar-refractivity contribution < 1.29 is 14.3 Å². The van der Waals surface area contributed by atoms with Gasteiger partial charge >= 0.3 is 0 Å². The summed E-state index contributed by atoms with van der Waals surface area (Å²) in [4.78, 5) is 23.5. The third kappa shape index (κ3) is 4.17. The van der Waals surface area contributed by atoms with Crippen LogP contribution in [0.3, 0.4) is 0 Å². The molecule has 0 saturated carbocycles. The number of carbonyl (C=O) groups is 2. The van der Waals surface area contributed by atoms with E-state index in [-0.39, 0.29) is 11.8 Å². The number of nitrogen functional groups attached to an aromatic ring is 1. The van der Waals surface area contributed by atoms with E-state index in [4.69, 9.17) is 10.5 Å². The number of anilines is 1. The highest BCUT2D eigenvalue weighted by atomic mass is 16.5. The number of ether oxygens (including phenoxy) is 1. The molecule has 2 amide bonds. The van der Waals surface area contributed by atoms with E-state index in [1.807, 2.05) is 6.92 Å². The number of carbonyl (C=O) groups excluding carboxylic acids is 2. The van der Waals surface area contributed by atoms with Gasteiger partial charge in [-0.05, 0) is 26.0 Å². The summed E-state index contributed by atoms with van der Waals surface area (Å²) in [5, 5.41) is 5.23. The molecule has 6 heteroatoms. The van der Waals surface area contributed by atoms with E-state index in [1.54, 1.807) is 19.1 Å². The normalized spacial score (nSPS) is 11.5. The lowest BCUT2D eigenvalue weighted by molar-refractivity contribution is -0.122. The number of hydrogen-bond donors (Lipinski definition) is 3. The second kappa shape index (κ2) is 6.63. The van der Waals surface area contributed by atoms with Crippen LogP contribution < -0.4 is 21.1 Å². The number of likely N-dealkylation sites (N-methyl/N-ethyl adjacent to an activating group) is 1. The fourth-order valence-corrected chi connectivity index (χ4v) is 1.54. The molecular formula is C13H19N3O3. The maximum Gasteiger partial charge on any atom is 0.252 e. The molecule has 0 bridgehead atoms. The summed E-state index contributed by atoms with van der Waals surface area (Å²) in [7, 11) is 1.49. The molecule has 4 N–H and O–H groups in total. The smallest absolute Gasteiger partial charge is 0.252 e. The maximum atomic E-state index is 12.0. The molecule has 6 nitrogen and oxygen atoms in total. The highest BCUT2D eigenvalue weighted by Crippen LogP contribution is 2.18. The van der Waals surface area contributed by atoms with Gasteiger partial charge in [0.15, 0.2) is 0 Å². The Hall–Kier alpha value is -2.24. The van der Waals surface area contributed by atoms with Crippen LogP contribution in [0.5, 0.6) is 5.75 Å². The van der Waals surface area contributed by atoms with Gasteiger partial charge in [0.05, 0.1) is 7.11 Å². The first kappa shape index (κ1) is 14.8. The van der Waals surface area contributed by atoms with Crippen LogP contribution in [0.1, 0.15) is 24.2 Å². The van der Waals surface area contributed by atoms with Gasteiger partial charge in [0, 0.05) is 23.9 Å². The van der Waals surface area contributed by atoms with Crippen LogP contribution in [0.15, 0.2) is 18.2 Å². The summed E-state index contributed by atoms with van der Waals surface area (Å²) in [6.07, 6.45) is 0. The largest absolute Gasteiger partial charge is 0.497 e. The van der Waals surface area contributed by atoms with Crippen molar-refractivity contribution in [3.63, 3.8) is 0 Å². The molecule has 0 aliphatic heterocycles. The molecule has 1 atom stereocenters. The zero-order valence-corrected chi connectivity index (χ0v) is 11.3. The van der Waals surface area contributed by atoms with E-state index >= 15 is 0 Å². The molecule has 104 valence electrons. The first-order valence-corrected chi connectivity index (χ1v) is 6.01. The van der Waals surface area contributed by atoms with Crippen LogP contribution in [0.25, 0.3) is 0 Å². The first-order chi connectivity index (χ1) is 8.97. The molecule has 0 spiro atoms. The van der Waals surface area contributed by atoms with E-state index in [1.165, 1.54) is 13.2 Å². The molecule has 1 aromatic carbocycles. The first-order valence-electron chi connectivity index (χ1n) is 6.01. The Bertz CT molecular complexity index is 474. The van der Waals surface area contributed by atoms with Gasteiger partial charge in [-0.25, -0.2) is 0 Å². The number of methoxy groups -OCH3 is 1. The SMILES string of the molecule is CCNC(=O)C(C)NC(=O)c1cc(N)cc(OC)c1. The number of benzene rings is 1. The average molecular weight is 265 g/mol. The quantitative estimate of drug-likeness (QED) is 0.677. The molecule has 0 aromatic heterocycles. The Morgan fingerprint density at radius 3 is 2.63 bits per heavy atom. The number of nitrogens with two attached hydrogens (primary N) is 1. The predicted octanol–water partition coefficient (Wildman–Crippen LogP) is 0.532. The van der Waals surface area contributed by atoms with E-state index in [0.29, 0.717) is 23.5 Å². The summed E-state index contributed by atoms with van der Waals surface area (Å²) < 4.78 is 5.04. The van der Waals surface area contributed by atoms with Crippen molar-refractivity contribution in [3.8, 4) is 5.75 Å². The average Bonchev–Trinajstić information content (AvgIpc) is 2.38. The number of nitrogens with one attached hydrogen (secondary N) is 2. The number of rotatable bonds is 5. The van der Waals surface area contributed by atoms with Gasteiger partial charge in [-0.3, -0.25) is 9.59 Å². The summed E-state index contributed by atoms with van der Waals surface area (Å²) in [6, 6.07) is 4.10. The minimum Gasteiger partial charge on any atom is -0.497 e. The number of hydrogen-bond acceptors (Lipinski definition) is 4. The molecule has 0 radical (unpaired) electrons. The summed E-state index contributed by atoms with van der Waals surface area (Å²) >= 11 is 0. The van der Waals surface area contributed by atoms with Crippen molar-refractivity contribution in [2.75, 3.05) is 19.4 Å². The van der Waals surface area contributed by atoms with E-state index in [2.05, 4.69) is 10.6 Å². The minimum absolute atomic E-state index is 0.230. The Labute approximate surface area is 112 Å². The van der Waals surface area contributed by atoms with Gasteiger partial charge in [0.2, 0.25) is 5.91 Å². The molecule has 0 heterocycles. The Kier molecular flexibility index (Phi) is 5.17. The summed E-state index contributed by atoms with van der Waals surface area (Å²) in [5.41, 5.74) is 6.45. The molecule has 1 aromatic rings. The standard InChI is InChI=1S/C13H19N3O3/c1-4-15-12(17)8(2)16-13(18)9-5-10(14)7-11(6-9)19-3/h5-8H,4,14H2,1-3H3,(H,15,17)(H,16,18). The third-order valence-electron chi connectivity index (χ3n) is 2.52. The van der Waals surface area contributed by atoms with E-state index in [9.17, 15) is 9.59 Å². The lowest BCUT2D eigenvalue weighted by Gasteiger charge is -2.14. The molecule has 1 unspecified atom stereocenters. The van der Waals surface area contributed by atoms with E-state index < -0.39 is 6.04 Å². The second-order valence-corrected chi connectivity index (χ2v) is 4.08. The lowest BCUT2D eigenvalue weighted by Crippen LogP contribution is -2.44. The van der Waals surface area contributed by atoms with Crippen molar-refractivity contribution >= 4 is 17.5 Å².